The van der Waals surface area contributed by atoms with E-state index in [2.05, 4.69) is 32.7 Å². The van der Waals surface area contributed by atoms with Gasteiger partial charge in [0.05, 0.1) is 0 Å². The average Bonchev–Trinajstić information content (AvgIpc) is 2.45. The van der Waals surface area contributed by atoms with Crippen LogP contribution in [-0.2, 0) is 4.79 Å². The van der Waals surface area contributed by atoms with Crippen LogP contribution in [0.1, 0.15) is 12.5 Å². The van der Waals surface area contributed by atoms with Gasteiger partial charge in [0.2, 0.25) is 0 Å². The van der Waals surface area contributed by atoms with E-state index in [0.29, 0.717) is 0 Å². The predicted octanol–water partition coefficient (Wildman–Crippen LogP) is 2.69. The zero-order chi connectivity index (χ0) is 14.5. The lowest BCUT2D eigenvalue weighted by Gasteiger charge is -2.36. The number of piperazine rings is 1. The van der Waals surface area contributed by atoms with Gasteiger partial charge in [0.25, 0.3) is 0 Å². The van der Waals surface area contributed by atoms with E-state index in [9.17, 15) is 4.79 Å². The van der Waals surface area contributed by atoms with Crippen molar-refractivity contribution in [1.82, 2.24) is 4.90 Å². The van der Waals surface area contributed by atoms with Gasteiger partial charge in [0.1, 0.15) is 0 Å². The first kappa shape index (κ1) is 15.1. The molecule has 1 fully saturated rings. The second-order valence-corrected chi connectivity index (χ2v) is 5.71. The molecule has 0 saturated carbocycles. The molecule has 1 aliphatic heterocycles. The van der Waals surface area contributed by atoms with Gasteiger partial charge in [-0.15, -0.1) is 0 Å². The highest BCUT2D eigenvalue weighted by Crippen LogP contribution is 2.26. The van der Waals surface area contributed by atoms with E-state index in [-0.39, 0.29) is 0 Å². The van der Waals surface area contributed by atoms with Crippen LogP contribution in [0.2, 0.25) is 0 Å². The predicted molar refractivity (Wildman–Crippen MR) is 85.1 cm³/mol. The summed E-state index contributed by atoms with van der Waals surface area (Å²) in [5, 5.41) is 8.79. The number of carbonyl (C=O) groups is 1. The Morgan fingerprint density at radius 2 is 2.05 bits per heavy atom. The summed E-state index contributed by atoms with van der Waals surface area (Å²) >= 11 is 3.44. The number of benzene rings is 1. The zero-order valence-corrected chi connectivity index (χ0v) is 13.1. The summed E-state index contributed by atoms with van der Waals surface area (Å²) in [4.78, 5) is 15.4. The van der Waals surface area contributed by atoms with Crippen LogP contribution in [0.25, 0.3) is 6.08 Å². The fraction of sp³-hybridized carbons (Fsp3) is 0.400. The number of nitrogens with zero attached hydrogens (tertiary/aromatic N) is 2. The number of carboxylic acids is 1. The minimum absolute atomic E-state index is 0.924. The average molecular weight is 339 g/mol. The molecule has 0 radical (unpaired) electrons. The molecule has 4 nitrogen and oxygen atoms in total. The molecule has 0 aromatic heterocycles. The van der Waals surface area contributed by atoms with Crippen LogP contribution in [0.3, 0.4) is 0 Å². The molecule has 1 aromatic rings. The molecule has 20 heavy (non-hydrogen) atoms. The van der Waals surface area contributed by atoms with Gasteiger partial charge >= 0.3 is 5.97 Å². The van der Waals surface area contributed by atoms with Gasteiger partial charge in [-0.1, -0.05) is 22.9 Å². The third-order valence-corrected chi connectivity index (χ3v) is 4.05. The topological polar surface area (TPSA) is 43.8 Å². The molecule has 1 aliphatic rings. The Morgan fingerprint density at radius 3 is 2.65 bits per heavy atom. The molecule has 0 aliphatic carbocycles. The van der Waals surface area contributed by atoms with E-state index in [1.165, 1.54) is 6.08 Å². The molecule has 5 heteroatoms. The van der Waals surface area contributed by atoms with E-state index in [1.54, 1.807) is 6.08 Å². The summed E-state index contributed by atoms with van der Waals surface area (Å²) in [6.07, 6.45) is 2.85. The quantitative estimate of drug-likeness (QED) is 0.857. The van der Waals surface area contributed by atoms with Crippen molar-refractivity contribution in [3.8, 4) is 0 Å². The van der Waals surface area contributed by atoms with E-state index in [4.69, 9.17) is 5.11 Å². The summed E-state index contributed by atoms with van der Waals surface area (Å²) in [5.74, 6) is -0.924. The summed E-state index contributed by atoms with van der Waals surface area (Å²) in [6.45, 7) is 7.31. The van der Waals surface area contributed by atoms with Gasteiger partial charge in [-0.25, -0.2) is 4.79 Å². The zero-order valence-electron chi connectivity index (χ0n) is 11.6. The molecule has 1 N–H and O–H groups in total. The normalized spacial score (nSPS) is 16.8. The lowest BCUT2D eigenvalue weighted by Crippen LogP contribution is -2.46. The Kier molecular flexibility index (Phi) is 5.20. The van der Waals surface area contributed by atoms with Crippen LogP contribution in [0.15, 0.2) is 28.7 Å². The molecule has 0 unspecified atom stereocenters. The molecule has 2 rings (SSSR count). The molecule has 1 saturated heterocycles. The highest BCUT2D eigenvalue weighted by molar-refractivity contribution is 9.10. The maximum absolute atomic E-state index is 10.7. The number of hydrogen-bond donors (Lipinski definition) is 1. The number of anilines is 1. The van der Waals surface area contributed by atoms with Gasteiger partial charge in [-0.05, 0) is 36.4 Å². The van der Waals surface area contributed by atoms with E-state index in [1.807, 2.05) is 18.2 Å². The van der Waals surface area contributed by atoms with Gasteiger partial charge in [0.15, 0.2) is 0 Å². The lowest BCUT2D eigenvalue weighted by molar-refractivity contribution is -0.131. The van der Waals surface area contributed by atoms with Crippen molar-refractivity contribution in [3.05, 3.63) is 34.3 Å². The Labute approximate surface area is 127 Å². The first-order valence-electron chi connectivity index (χ1n) is 6.78. The number of likely N-dealkylation sites (N-methyl/N-ethyl adjacent to an activating group) is 1. The van der Waals surface area contributed by atoms with Crippen molar-refractivity contribution in [2.45, 2.75) is 6.92 Å². The molecule has 0 atom stereocenters. The van der Waals surface area contributed by atoms with Gasteiger partial charge in [-0.2, -0.15) is 0 Å². The van der Waals surface area contributed by atoms with Crippen LogP contribution in [0.4, 0.5) is 5.69 Å². The van der Waals surface area contributed by atoms with Crippen molar-refractivity contribution < 1.29 is 9.90 Å². The van der Waals surface area contributed by atoms with Gasteiger partial charge in [0, 0.05) is 42.4 Å². The molecular formula is C15H19BrN2O2. The van der Waals surface area contributed by atoms with Crippen LogP contribution in [0, 0.1) is 0 Å². The molecule has 108 valence electrons. The third-order valence-electron chi connectivity index (χ3n) is 3.56. The molecule has 0 bridgehead atoms. The first-order chi connectivity index (χ1) is 9.60. The largest absolute Gasteiger partial charge is 0.478 e. The number of carboxylic acid groups (broad SMARTS) is 1. The van der Waals surface area contributed by atoms with Crippen LogP contribution >= 0.6 is 15.9 Å². The second kappa shape index (κ2) is 6.90. The van der Waals surface area contributed by atoms with Gasteiger partial charge in [-0.3, -0.25) is 0 Å². The van der Waals surface area contributed by atoms with Crippen molar-refractivity contribution in [3.63, 3.8) is 0 Å². The van der Waals surface area contributed by atoms with Crippen LogP contribution in [0.5, 0.6) is 0 Å². The summed E-state index contributed by atoms with van der Waals surface area (Å²) < 4.78 is 0.957. The monoisotopic (exact) mass is 338 g/mol. The van der Waals surface area contributed by atoms with Crippen molar-refractivity contribution in [2.75, 3.05) is 37.6 Å². The number of rotatable bonds is 4. The summed E-state index contributed by atoms with van der Waals surface area (Å²) in [5.41, 5.74) is 2.04. The molecular weight excluding hydrogens is 320 g/mol. The number of aliphatic carboxylic acids is 1. The summed E-state index contributed by atoms with van der Waals surface area (Å²) in [6, 6.07) is 6.01. The summed E-state index contributed by atoms with van der Waals surface area (Å²) in [7, 11) is 0. The number of hydrogen-bond acceptors (Lipinski definition) is 3. The molecule has 0 amide bonds. The molecule has 1 heterocycles. The van der Waals surface area contributed by atoms with Crippen molar-refractivity contribution in [1.29, 1.82) is 0 Å². The third kappa shape index (κ3) is 3.84. The standard InChI is InChI=1S/C15H19BrN2O2/c1-2-17-7-9-18(10-8-17)14-5-4-13(16)11-12(14)3-6-15(19)20/h3-6,11H,2,7-10H2,1H3,(H,19,20)/b6-3+. The minimum atomic E-state index is -0.924. The highest BCUT2D eigenvalue weighted by Gasteiger charge is 2.17. The second-order valence-electron chi connectivity index (χ2n) is 4.80. The Morgan fingerprint density at radius 1 is 1.35 bits per heavy atom. The van der Waals surface area contributed by atoms with Crippen LogP contribution < -0.4 is 4.90 Å². The Bertz CT molecular complexity index is 509. The molecule has 0 spiro atoms. The maximum Gasteiger partial charge on any atom is 0.328 e. The minimum Gasteiger partial charge on any atom is -0.478 e. The SMILES string of the molecule is CCN1CCN(c2ccc(Br)cc2/C=C/C(=O)O)CC1. The fourth-order valence-electron chi connectivity index (χ4n) is 2.41. The van der Waals surface area contributed by atoms with Gasteiger partial charge < -0.3 is 14.9 Å². The Hall–Kier alpha value is -1.33. The number of halogens is 1. The van der Waals surface area contributed by atoms with Crippen molar-refractivity contribution >= 4 is 33.7 Å². The maximum atomic E-state index is 10.7. The lowest BCUT2D eigenvalue weighted by atomic mass is 10.1. The smallest absolute Gasteiger partial charge is 0.328 e. The van der Waals surface area contributed by atoms with Crippen molar-refractivity contribution in [2.24, 2.45) is 0 Å². The first-order valence-corrected chi connectivity index (χ1v) is 7.57. The van der Waals surface area contributed by atoms with E-state index in [0.717, 1.165) is 48.4 Å². The fourth-order valence-corrected chi connectivity index (χ4v) is 2.79. The molecule has 1 aromatic carbocycles. The van der Waals surface area contributed by atoms with E-state index < -0.39 is 5.97 Å². The van der Waals surface area contributed by atoms with Crippen LogP contribution in [-0.4, -0.2) is 48.7 Å². The highest BCUT2D eigenvalue weighted by atomic mass is 79.9. The van der Waals surface area contributed by atoms with E-state index >= 15 is 0 Å². The Balaban J connectivity index is 2.20.